The number of halogens is 2. The van der Waals surface area contributed by atoms with E-state index >= 15 is 0 Å². The van der Waals surface area contributed by atoms with Crippen molar-refractivity contribution in [2.24, 2.45) is 0 Å². The second-order valence-electron chi connectivity index (χ2n) is 14.9. The molecule has 0 spiro atoms. The summed E-state index contributed by atoms with van der Waals surface area (Å²) in [5, 5.41) is 18.7. The summed E-state index contributed by atoms with van der Waals surface area (Å²) in [5.41, 5.74) is 4.15. The molecule has 0 saturated carbocycles. The number of ether oxygens (including phenoxy) is 1. The van der Waals surface area contributed by atoms with Gasteiger partial charge >= 0.3 is 0 Å². The number of aromatic nitrogens is 5. The molecule has 294 valence electrons. The van der Waals surface area contributed by atoms with Crippen LogP contribution in [-0.2, 0) is 38.5 Å². The molecule has 2 fully saturated rings. The zero-order valence-electron chi connectivity index (χ0n) is 31.0. The number of carbonyl (C=O) groups excluding carboxylic acids is 5. The highest BCUT2D eigenvalue weighted by Gasteiger charge is 2.45. The fourth-order valence-electron chi connectivity index (χ4n) is 8.55. The Kier molecular flexibility index (Phi) is 9.21. The first-order valence-corrected chi connectivity index (χ1v) is 19.0. The number of benzene rings is 2. The maximum atomic E-state index is 14.9. The Morgan fingerprint density at radius 1 is 0.947 bits per heavy atom. The number of nitrogens with zero attached hydrogens (tertiary/aromatic N) is 8. The van der Waals surface area contributed by atoms with Gasteiger partial charge in [0.05, 0.1) is 29.9 Å². The monoisotopic (exact) mass is 780 g/mol. The minimum absolute atomic E-state index is 0.00668. The predicted octanol–water partition coefficient (Wildman–Crippen LogP) is 4.16. The van der Waals surface area contributed by atoms with Crippen molar-refractivity contribution in [3.8, 4) is 11.3 Å². The van der Waals surface area contributed by atoms with Crippen LogP contribution in [0.1, 0.15) is 94.6 Å². The molecule has 5 aliphatic heterocycles. The SMILES string of the molecule is CC(=O)N1CCc2c(c(N3CCCc4cc(-c5cnc(Nc6ccc7c(c6)C(=O)N(C6CCC(=O)NC6=O)C7=O)nn5)c(C(F)F)cc43)nn2C2CCOCC2)C1. The van der Waals surface area contributed by atoms with E-state index in [2.05, 4.69) is 30.5 Å². The molecule has 2 N–H and O–H groups in total. The number of fused-ring (bicyclic) bond motifs is 3. The van der Waals surface area contributed by atoms with Gasteiger partial charge in [0, 0.05) is 79.8 Å². The van der Waals surface area contributed by atoms with Crippen LogP contribution in [0.4, 0.5) is 31.9 Å². The Hall–Kier alpha value is -6.17. The van der Waals surface area contributed by atoms with Crippen molar-refractivity contribution < 1.29 is 37.5 Å². The number of carbonyl (C=O) groups is 5. The van der Waals surface area contributed by atoms with E-state index in [1.165, 1.54) is 24.4 Å². The number of imide groups is 2. The van der Waals surface area contributed by atoms with Gasteiger partial charge < -0.3 is 19.9 Å². The molecule has 5 amide bonds. The molecule has 2 aromatic carbocycles. The van der Waals surface area contributed by atoms with Gasteiger partial charge in [-0.05, 0) is 68.0 Å². The van der Waals surface area contributed by atoms with Crippen LogP contribution < -0.4 is 15.5 Å². The molecule has 5 aliphatic rings. The Morgan fingerprint density at radius 2 is 1.75 bits per heavy atom. The average molecular weight is 781 g/mol. The maximum absolute atomic E-state index is 14.9. The van der Waals surface area contributed by atoms with Crippen LogP contribution in [0, 0.1) is 0 Å². The standard InChI is InChI=1S/C39H38F2N10O6/c1-20(52)48-12-8-30-28(19-48)35(47-51(30)23-9-13-57-14-10-23)49-11-2-3-21-15-25(26(34(40)41)17-32(21)49)29-18-42-39(46-45-29)43-22-4-5-24-27(16-22)38(56)50(37(24)55)31-6-7-33(53)44-36(31)54/h4-5,15-18,23,31,34H,2-3,6-14,19H2,1H3,(H,42,43,46)(H,44,53,54). The quantitative estimate of drug-likeness (QED) is 0.256. The first-order valence-electron chi connectivity index (χ1n) is 19.0. The third-order valence-electron chi connectivity index (χ3n) is 11.4. The second-order valence-corrected chi connectivity index (χ2v) is 14.9. The zero-order valence-corrected chi connectivity index (χ0v) is 31.0. The van der Waals surface area contributed by atoms with Crippen molar-refractivity contribution in [2.45, 2.75) is 76.9 Å². The van der Waals surface area contributed by atoms with E-state index in [1.54, 1.807) is 24.0 Å². The van der Waals surface area contributed by atoms with Gasteiger partial charge in [-0.2, -0.15) is 5.10 Å². The largest absolute Gasteiger partial charge is 0.381 e. The van der Waals surface area contributed by atoms with Crippen molar-refractivity contribution in [3.63, 3.8) is 0 Å². The molecular formula is C39H38F2N10O6. The normalized spacial score (nSPS) is 19.8. The summed E-state index contributed by atoms with van der Waals surface area (Å²) in [6.45, 7) is 4.40. The summed E-state index contributed by atoms with van der Waals surface area (Å²) in [6, 6.07) is 6.72. The number of piperidine rings is 1. The fraction of sp³-hybridized carbons (Fsp3) is 0.410. The molecule has 1 unspecified atom stereocenters. The van der Waals surface area contributed by atoms with Gasteiger partial charge in [-0.15, -0.1) is 10.2 Å². The second kappa shape index (κ2) is 14.4. The fourth-order valence-corrected chi connectivity index (χ4v) is 8.55. The molecule has 1 atom stereocenters. The smallest absolute Gasteiger partial charge is 0.264 e. The predicted molar refractivity (Wildman–Crippen MR) is 198 cm³/mol. The molecule has 0 radical (unpaired) electrons. The van der Waals surface area contributed by atoms with Gasteiger partial charge in [0.2, 0.25) is 23.7 Å². The Morgan fingerprint density at radius 3 is 2.49 bits per heavy atom. The number of aryl methyl sites for hydroxylation is 1. The van der Waals surface area contributed by atoms with Crippen LogP contribution in [0.5, 0.6) is 0 Å². The minimum atomic E-state index is -2.85. The van der Waals surface area contributed by atoms with Crippen LogP contribution in [-0.4, -0.2) is 96.6 Å². The summed E-state index contributed by atoms with van der Waals surface area (Å²) in [7, 11) is 0. The van der Waals surface area contributed by atoms with Crippen LogP contribution in [0.25, 0.3) is 11.3 Å². The van der Waals surface area contributed by atoms with Crippen LogP contribution in [0.2, 0.25) is 0 Å². The number of hydrogen-bond donors (Lipinski definition) is 2. The lowest BCUT2D eigenvalue weighted by molar-refractivity contribution is -0.136. The topological polar surface area (TPSA) is 185 Å². The van der Waals surface area contributed by atoms with E-state index < -0.39 is 36.1 Å². The minimum Gasteiger partial charge on any atom is -0.381 e. The van der Waals surface area contributed by atoms with E-state index in [9.17, 15) is 32.8 Å². The van der Waals surface area contributed by atoms with Crippen molar-refractivity contribution in [1.82, 2.24) is 40.1 Å². The number of hydrogen-bond acceptors (Lipinski definition) is 12. The molecule has 9 rings (SSSR count). The van der Waals surface area contributed by atoms with Gasteiger partial charge in [0.15, 0.2) is 5.82 Å². The molecule has 0 aliphatic carbocycles. The number of alkyl halides is 2. The van der Waals surface area contributed by atoms with Crippen molar-refractivity contribution in [1.29, 1.82) is 0 Å². The molecular weight excluding hydrogens is 742 g/mol. The summed E-state index contributed by atoms with van der Waals surface area (Å²) < 4.78 is 37.6. The molecule has 57 heavy (non-hydrogen) atoms. The summed E-state index contributed by atoms with van der Waals surface area (Å²) in [6.07, 6.45) is 2.24. The highest BCUT2D eigenvalue weighted by atomic mass is 19.3. The van der Waals surface area contributed by atoms with Crippen molar-refractivity contribution >= 4 is 52.7 Å². The van der Waals surface area contributed by atoms with Gasteiger partial charge in [-0.3, -0.25) is 38.9 Å². The Labute approximate surface area is 324 Å². The van der Waals surface area contributed by atoms with E-state index in [0.29, 0.717) is 62.9 Å². The van der Waals surface area contributed by atoms with Crippen molar-refractivity contribution in [2.75, 3.05) is 36.5 Å². The molecule has 0 bridgehead atoms. The van der Waals surface area contributed by atoms with E-state index in [0.717, 1.165) is 41.0 Å². The first-order chi connectivity index (χ1) is 27.5. The number of anilines is 4. The molecule has 18 heteroatoms. The van der Waals surface area contributed by atoms with Gasteiger partial charge in [0.1, 0.15) is 11.7 Å². The lowest BCUT2D eigenvalue weighted by Gasteiger charge is -2.33. The molecule has 16 nitrogen and oxygen atoms in total. The third kappa shape index (κ3) is 6.46. The van der Waals surface area contributed by atoms with Crippen LogP contribution in [0.3, 0.4) is 0 Å². The summed E-state index contributed by atoms with van der Waals surface area (Å²) >= 11 is 0. The van der Waals surface area contributed by atoms with Gasteiger partial charge in [-0.25, -0.2) is 13.8 Å². The number of rotatable bonds is 7. The Bertz CT molecular complexity index is 2340. The Balaban J connectivity index is 0.986. The van der Waals surface area contributed by atoms with Gasteiger partial charge in [-0.1, -0.05) is 0 Å². The van der Waals surface area contributed by atoms with E-state index in [4.69, 9.17) is 9.84 Å². The first kappa shape index (κ1) is 36.5. The van der Waals surface area contributed by atoms with Gasteiger partial charge in [0.25, 0.3) is 18.2 Å². The van der Waals surface area contributed by atoms with Crippen LogP contribution in [0.15, 0.2) is 36.5 Å². The van der Waals surface area contributed by atoms with E-state index in [1.807, 2.05) is 4.90 Å². The number of amides is 5. The highest BCUT2D eigenvalue weighted by Crippen LogP contribution is 2.43. The maximum Gasteiger partial charge on any atom is 0.264 e. The van der Waals surface area contributed by atoms with Crippen LogP contribution >= 0.6 is 0 Å². The number of nitrogens with one attached hydrogen (secondary N) is 2. The van der Waals surface area contributed by atoms with E-state index in [-0.39, 0.29) is 58.7 Å². The highest BCUT2D eigenvalue weighted by molar-refractivity contribution is 6.23. The molecule has 7 heterocycles. The summed E-state index contributed by atoms with van der Waals surface area (Å²) in [4.78, 5) is 71.9. The lowest BCUT2D eigenvalue weighted by atomic mass is 9.93. The lowest BCUT2D eigenvalue weighted by Crippen LogP contribution is -2.54. The van der Waals surface area contributed by atoms with Crippen molar-refractivity contribution in [3.05, 3.63) is 70.0 Å². The average Bonchev–Trinajstić information content (AvgIpc) is 3.71. The zero-order chi connectivity index (χ0) is 39.5. The molecule has 4 aromatic rings. The summed E-state index contributed by atoms with van der Waals surface area (Å²) in [5.74, 6) is -1.79. The third-order valence-corrected chi connectivity index (χ3v) is 11.4. The molecule has 2 aromatic heterocycles. The molecule has 2 saturated heterocycles.